The molecule has 1 atom stereocenters. The summed E-state index contributed by atoms with van der Waals surface area (Å²) in [5, 5.41) is 10.0. The Morgan fingerprint density at radius 2 is 1.08 bits per heavy atom. The van der Waals surface area contributed by atoms with Crippen LogP contribution in [0.15, 0.2) is 173 Å². The van der Waals surface area contributed by atoms with E-state index in [0.717, 1.165) is 29.5 Å². The van der Waals surface area contributed by atoms with Gasteiger partial charge in [-0.15, -0.1) is 0 Å². The zero-order valence-electron chi connectivity index (χ0n) is 28.1. The molecule has 3 aliphatic rings. The minimum atomic E-state index is -0.506. The van der Waals surface area contributed by atoms with Gasteiger partial charge in [0.15, 0.2) is 17.5 Å². The monoisotopic (exact) mass is 682 g/mol. The maximum absolute atomic E-state index is 10.0. The van der Waals surface area contributed by atoms with Crippen molar-refractivity contribution in [2.45, 2.75) is 28.0 Å². The van der Waals surface area contributed by atoms with Crippen molar-refractivity contribution in [2.75, 3.05) is 0 Å². The molecule has 4 nitrogen and oxygen atoms in total. The van der Waals surface area contributed by atoms with E-state index in [4.69, 9.17) is 15.0 Å². The Kier molecular flexibility index (Phi) is 7.12. The van der Waals surface area contributed by atoms with E-state index < -0.39 is 5.41 Å². The van der Waals surface area contributed by atoms with E-state index in [0.29, 0.717) is 23.0 Å². The van der Waals surface area contributed by atoms with Gasteiger partial charge in [-0.25, -0.2) is 15.0 Å². The molecule has 1 unspecified atom stereocenters. The SMILES string of the molecule is N#Cc1ccc2c(c1)C1(C3=C(CCC(c4ccc(-c5nc(-c6ccccc6)nc(-c6ccccc6)n5)cc4)=C3)c3ccccc31)c1ccccc1S2. The van der Waals surface area contributed by atoms with Crippen LogP contribution < -0.4 is 0 Å². The average molecular weight is 683 g/mol. The smallest absolute Gasteiger partial charge is 0.164 e. The highest BCUT2D eigenvalue weighted by molar-refractivity contribution is 7.99. The maximum atomic E-state index is 10.0. The molecule has 0 N–H and O–H groups in total. The molecule has 10 rings (SSSR count). The summed E-state index contributed by atoms with van der Waals surface area (Å²) in [7, 11) is 0. The van der Waals surface area contributed by atoms with Gasteiger partial charge in [-0.2, -0.15) is 5.26 Å². The zero-order valence-corrected chi connectivity index (χ0v) is 28.9. The maximum Gasteiger partial charge on any atom is 0.164 e. The molecule has 1 aromatic heterocycles. The summed E-state index contributed by atoms with van der Waals surface area (Å²) in [6.07, 6.45) is 4.33. The molecule has 2 aliphatic carbocycles. The van der Waals surface area contributed by atoms with Crippen LogP contribution in [0.25, 0.3) is 45.3 Å². The first-order chi connectivity index (χ1) is 25.7. The fraction of sp³-hybridized carbons (Fsp3) is 0.0638. The minimum absolute atomic E-state index is 0.506. The van der Waals surface area contributed by atoms with Gasteiger partial charge in [0.25, 0.3) is 0 Å². The molecule has 1 spiro atoms. The Hall–Kier alpha value is -6.35. The molecule has 0 bridgehead atoms. The van der Waals surface area contributed by atoms with Gasteiger partial charge in [-0.3, -0.25) is 0 Å². The lowest BCUT2D eigenvalue weighted by molar-refractivity contribution is 0.713. The molecule has 0 radical (unpaired) electrons. The van der Waals surface area contributed by atoms with Crippen molar-refractivity contribution < 1.29 is 0 Å². The number of hydrogen-bond donors (Lipinski definition) is 0. The number of nitrogens with zero attached hydrogens (tertiary/aromatic N) is 4. The number of benzene rings is 6. The van der Waals surface area contributed by atoms with E-state index >= 15 is 0 Å². The Bertz CT molecular complexity index is 2600. The van der Waals surface area contributed by atoms with E-state index in [1.807, 2.05) is 66.7 Å². The molecule has 0 saturated carbocycles. The molecule has 5 heteroatoms. The largest absolute Gasteiger partial charge is 0.208 e. The van der Waals surface area contributed by atoms with Crippen molar-refractivity contribution in [1.29, 1.82) is 5.26 Å². The standard InChI is InChI=1S/C47H30N4S/c48-29-30-19-26-43-41(27-30)47(39-17-9-10-18-42(39)52-43)38-16-8-7-15-36(38)37-25-24-35(28-40(37)47)31-20-22-34(23-21-31)46-50-44(32-11-3-1-4-12-32)49-45(51-46)33-13-5-2-6-14-33/h1-23,26-28H,24-25H2. The third kappa shape index (κ3) is 4.72. The van der Waals surface area contributed by atoms with E-state index in [1.54, 1.807) is 11.8 Å². The fourth-order valence-corrected chi connectivity index (χ4v) is 9.42. The second-order valence-corrected chi connectivity index (χ2v) is 14.5. The van der Waals surface area contributed by atoms with Crippen molar-refractivity contribution in [1.82, 2.24) is 15.0 Å². The zero-order chi connectivity index (χ0) is 34.6. The predicted molar refractivity (Wildman–Crippen MR) is 208 cm³/mol. The molecule has 1 aliphatic heterocycles. The fourth-order valence-electron chi connectivity index (χ4n) is 8.25. The summed E-state index contributed by atoms with van der Waals surface area (Å²) in [6.45, 7) is 0. The minimum Gasteiger partial charge on any atom is -0.208 e. The molecule has 52 heavy (non-hydrogen) atoms. The number of allylic oxidation sites excluding steroid dienone is 4. The summed E-state index contributed by atoms with van der Waals surface area (Å²) in [4.78, 5) is 17.2. The molecule has 6 aromatic carbocycles. The van der Waals surface area contributed by atoms with Crippen molar-refractivity contribution in [3.05, 3.63) is 197 Å². The van der Waals surface area contributed by atoms with Crippen LogP contribution in [0.2, 0.25) is 0 Å². The van der Waals surface area contributed by atoms with E-state index in [1.165, 1.54) is 54.3 Å². The third-order valence-corrected chi connectivity index (χ3v) is 11.7. The van der Waals surface area contributed by atoms with E-state index in [-0.39, 0.29) is 0 Å². The van der Waals surface area contributed by atoms with Crippen LogP contribution in [0.1, 0.15) is 46.2 Å². The van der Waals surface area contributed by atoms with Crippen LogP contribution in [0.3, 0.4) is 0 Å². The molecule has 0 saturated heterocycles. The molecule has 0 fully saturated rings. The van der Waals surface area contributed by atoms with E-state index in [2.05, 4.69) is 97.1 Å². The van der Waals surface area contributed by atoms with Gasteiger partial charge in [0.05, 0.1) is 17.0 Å². The molecule has 244 valence electrons. The summed E-state index contributed by atoms with van der Waals surface area (Å²) in [5.74, 6) is 1.95. The molecule has 2 heterocycles. The van der Waals surface area contributed by atoms with Gasteiger partial charge < -0.3 is 0 Å². The molecule has 7 aromatic rings. The first kappa shape index (κ1) is 30.5. The Labute approximate surface area is 306 Å². The Morgan fingerprint density at radius 3 is 1.75 bits per heavy atom. The Balaban J connectivity index is 1.10. The van der Waals surface area contributed by atoms with Crippen LogP contribution in [-0.2, 0) is 5.41 Å². The summed E-state index contributed by atoms with van der Waals surface area (Å²) in [6, 6.07) is 55.2. The van der Waals surface area contributed by atoms with Gasteiger partial charge in [0.2, 0.25) is 0 Å². The highest BCUT2D eigenvalue weighted by Gasteiger charge is 2.51. The number of nitriles is 1. The molecule has 0 amide bonds. The lowest BCUT2D eigenvalue weighted by Crippen LogP contribution is -2.33. The second-order valence-electron chi connectivity index (χ2n) is 13.4. The third-order valence-electron chi connectivity index (χ3n) is 10.6. The van der Waals surface area contributed by atoms with Gasteiger partial charge in [0, 0.05) is 26.5 Å². The number of fused-ring (bicyclic) bond motifs is 8. The van der Waals surface area contributed by atoms with Gasteiger partial charge in [0.1, 0.15) is 0 Å². The summed E-state index contributed by atoms with van der Waals surface area (Å²) < 4.78 is 0. The van der Waals surface area contributed by atoms with Gasteiger partial charge >= 0.3 is 0 Å². The lowest BCUT2D eigenvalue weighted by atomic mass is 9.65. The predicted octanol–water partition coefficient (Wildman–Crippen LogP) is 11.2. The lowest BCUT2D eigenvalue weighted by Gasteiger charge is -2.41. The van der Waals surface area contributed by atoms with Gasteiger partial charge in [-0.1, -0.05) is 145 Å². The van der Waals surface area contributed by atoms with Crippen molar-refractivity contribution >= 4 is 22.9 Å². The van der Waals surface area contributed by atoms with Crippen LogP contribution in [-0.4, -0.2) is 15.0 Å². The topological polar surface area (TPSA) is 62.5 Å². The summed E-state index contributed by atoms with van der Waals surface area (Å²) in [5.41, 5.74) is 13.3. The first-order valence-corrected chi connectivity index (χ1v) is 18.4. The van der Waals surface area contributed by atoms with Crippen LogP contribution >= 0.6 is 11.8 Å². The highest BCUT2D eigenvalue weighted by Crippen LogP contribution is 2.63. The highest BCUT2D eigenvalue weighted by atomic mass is 32.2. The number of rotatable bonds is 4. The van der Waals surface area contributed by atoms with Crippen LogP contribution in [0.4, 0.5) is 0 Å². The van der Waals surface area contributed by atoms with Crippen molar-refractivity contribution in [3.63, 3.8) is 0 Å². The van der Waals surface area contributed by atoms with E-state index in [9.17, 15) is 5.26 Å². The summed E-state index contributed by atoms with van der Waals surface area (Å²) >= 11 is 1.80. The van der Waals surface area contributed by atoms with Crippen molar-refractivity contribution in [3.8, 4) is 40.2 Å². The number of hydrogen-bond acceptors (Lipinski definition) is 5. The quantitative estimate of drug-likeness (QED) is 0.185. The van der Waals surface area contributed by atoms with Crippen LogP contribution in [0, 0.1) is 11.3 Å². The van der Waals surface area contributed by atoms with Gasteiger partial charge in [-0.05, 0) is 81.6 Å². The first-order valence-electron chi connectivity index (χ1n) is 17.5. The second kappa shape index (κ2) is 12.2. The normalized spacial score (nSPS) is 16.7. The average Bonchev–Trinajstić information content (AvgIpc) is 3.51. The van der Waals surface area contributed by atoms with Crippen molar-refractivity contribution in [2.24, 2.45) is 0 Å². The van der Waals surface area contributed by atoms with Crippen LogP contribution in [0.5, 0.6) is 0 Å². The molecular formula is C47H30N4S. The molecular weight excluding hydrogens is 653 g/mol. The number of aromatic nitrogens is 3. The Morgan fingerprint density at radius 1 is 0.519 bits per heavy atom.